The predicted octanol–water partition coefficient (Wildman–Crippen LogP) is 2.94. The van der Waals surface area contributed by atoms with E-state index in [0.717, 1.165) is 11.3 Å². The molecule has 0 saturated carbocycles. The van der Waals surface area contributed by atoms with Gasteiger partial charge in [-0.2, -0.15) is 0 Å². The number of ether oxygens (including phenoxy) is 1. The summed E-state index contributed by atoms with van der Waals surface area (Å²) in [6, 6.07) is 13.2. The van der Waals surface area contributed by atoms with E-state index in [-0.39, 0.29) is 23.5 Å². The first-order chi connectivity index (χ1) is 13.6. The van der Waals surface area contributed by atoms with Crippen LogP contribution in [0.3, 0.4) is 0 Å². The highest BCUT2D eigenvalue weighted by molar-refractivity contribution is 5.94. The summed E-state index contributed by atoms with van der Waals surface area (Å²) in [5.74, 6) is -0.0453. The van der Waals surface area contributed by atoms with Crippen molar-refractivity contribution < 1.29 is 18.7 Å². The Hall–Kier alpha value is -3.09. The number of hydrogen-bond acceptors (Lipinski definition) is 3. The van der Waals surface area contributed by atoms with E-state index >= 15 is 0 Å². The Balaban J connectivity index is 1.42. The van der Waals surface area contributed by atoms with Gasteiger partial charge in [-0.25, -0.2) is 9.18 Å². The first kappa shape index (κ1) is 19.7. The van der Waals surface area contributed by atoms with Crippen LogP contribution in [-0.2, 0) is 6.54 Å². The molecule has 148 valence electrons. The molecule has 1 saturated heterocycles. The van der Waals surface area contributed by atoms with E-state index < -0.39 is 5.82 Å². The number of carbonyl (C=O) groups is 2. The third-order valence-electron chi connectivity index (χ3n) is 4.83. The van der Waals surface area contributed by atoms with Gasteiger partial charge in [-0.05, 0) is 42.7 Å². The lowest BCUT2D eigenvalue weighted by atomic mass is 10.0. The first-order valence-electron chi connectivity index (χ1n) is 9.28. The highest BCUT2D eigenvalue weighted by Gasteiger charge is 2.25. The molecule has 0 bridgehead atoms. The van der Waals surface area contributed by atoms with Crippen LogP contribution in [-0.4, -0.2) is 43.1 Å². The molecule has 2 N–H and O–H groups in total. The van der Waals surface area contributed by atoms with Gasteiger partial charge >= 0.3 is 6.03 Å². The Morgan fingerprint density at radius 2 is 1.79 bits per heavy atom. The number of nitrogens with one attached hydrogen (secondary N) is 2. The number of methoxy groups -OCH3 is 1. The monoisotopic (exact) mass is 385 g/mol. The van der Waals surface area contributed by atoms with Gasteiger partial charge in [-0.1, -0.05) is 24.3 Å². The maximum absolute atomic E-state index is 13.8. The molecule has 1 aliphatic rings. The van der Waals surface area contributed by atoms with E-state index in [1.54, 1.807) is 24.1 Å². The number of likely N-dealkylation sites (tertiary alicyclic amines) is 1. The van der Waals surface area contributed by atoms with Crippen molar-refractivity contribution in [3.8, 4) is 5.75 Å². The van der Waals surface area contributed by atoms with E-state index in [9.17, 15) is 14.0 Å². The van der Waals surface area contributed by atoms with E-state index in [4.69, 9.17) is 4.74 Å². The lowest BCUT2D eigenvalue weighted by Gasteiger charge is -2.32. The fourth-order valence-electron chi connectivity index (χ4n) is 3.19. The molecule has 7 heteroatoms. The van der Waals surface area contributed by atoms with Crippen LogP contribution in [0.15, 0.2) is 48.5 Å². The zero-order valence-electron chi connectivity index (χ0n) is 15.8. The number of rotatable bonds is 5. The van der Waals surface area contributed by atoms with Crippen molar-refractivity contribution in [2.75, 3.05) is 20.2 Å². The van der Waals surface area contributed by atoms with E-state index in [1.165, 1.54) is 12.1 Å². The standard InChI is InChI=1S/C21H24FN3O3/c1-28-17-8-6-15(7-9-17)14-23-21(27)24-16-10-12-25(13-11-16)20(26)18-4-2-3-5-19(18)22/h2-9,16H,10-14H2,1H3,(H2,23,24,27). The van der Waals surface area contributed by atoms with Crippen LogP contribution in [0, 0.1) is 5.82 Å². The summed E-state index contributed by atoms with van der Waals surface area (Å²) in [6.45, 7) is 1.38. The summed E-state index contributed by atoms with van der Waals surface area (Å²) >= 11 is 0. The van der Waals surface area contributed by atoms with Gasteiger partial charge in [0.25, 0.3) is 5.91 Å². The third kappa shape index (κ3) is 5.00. The molecule has 2 aromatic carbocycles. The van der Waals surface area contributed by atoms with Crippen molar-refractivity contribution in [1.29, 1.82) is 0 Å². The second-order valence-electron chi connectivity index (χ2n) is 6.72. The summed E-state index contributed by atoms with van der Waals surface area (Å²) in [5, 5.41) is 5.77. The molecular formula is C21H24FN3O3. The first-order valence-corrected chi connectivity index (χ1v) is 9.28. The maximum atomic E-state index is 13.8. The zero-order valence-corrected chi connectivity index (χ0v) is 15.8. The van der Waals surface area contributed by atoms with Gasteiger partial charge in [0.2, 0.25) is 0 Å². The Morgan fingerprint density at radius 3 is 2.43 bits per heavy atom. The maximum Gasteiger partial charge on any atom is 0.315 e. The Labute approximate surface area is 163 Å². The quantitative estimate of drug-likeness (QED) is 0.831. The second-order valence-corrected chi connectivity index (χ2v) is 6.72. The molecule has 1 aliphatic heterocycles. The largest absolute Gasteiger partial charge is 0.497 e. The molecule has 3 amide bonds. The fourth-order valence-corrected chi connectivity index (χ4v) is 3.19. The summed E-state index contributed by atoms with van der Waals surface area (Å²) in [7, 11) is 1.61. The number of urea groups is 1. The van der Waals surface area contributed by atoms with E-state index in [0.29, 0.717) is 32.5 Å². The van der Waals surface area contributed by atoms with Crippen LogP contribution in [0.2, 0.25) is 0 Å². The van der Waals surface area contributed by atoms with Gasteiger partial charge in [0.05, 0.1) is 12.7 Å². The lowest BCUT2D eigenvalue weighted by molar-refractivity contribution is 0.0703. The van der Waals surface area contributed by atoms with Crippen LogP contribution in [0.5, 0.6) is 5.75 Å². The summed E-state index contributed by atoms with van der Waals surface area (Å²) in [5.41, 5.74) is 1.06. The Bertz CT molecular complexity index is 818. The van der Waals surface area contributed by atoms with Crippen LogP contribution in [0.25, 0.3) is 0 Å². The smallest absolute Gasteiger partial charge is 0.315 e. The van der Waals surface area contributed by atoms with Crippen LogP contribution >= 0.6 is 0 Å². The third-order valence-corrected chi connectivity index (χ3v) is 4.83. The minimum atomic E-state index is -0.509. The number of halogens is 1. The van der Waals surface area contributed by atoms with Crippen molar-refractivity contribution in [3.63, 3.8) is 0 Å². The minimum absolute atomic E-state index is 0.0134. The van der Waals surface area contributed by atoms with Crippen LogP contribution in [0.1, 0.15) is 28.8 Å². The van der Waals surface area contributed by atoms with Gasteiger partial charge in [0, 0.05) is 25.7 Å². The predicted molar refractivity (Wildman–Crippen MR) is 104 cm³/mol. The highest BCUT2D eigenvalue weighted by atomic mass is 19.1. The zero-order chi connectivity index (χ0) is 19.9. The van der Waals surface area contributed by atoms with Crippen LogP contribution < -0.4 is 15.4 Å². The molecule has 1 fully saturated rings. The molecule has 0 radical (unpaired) electrons. The van der Waals surface area contributed by atoms with Crippen molar-refractivity contribution in [2.45, 2.75) is 25.4 Å². The molecule has 0 atom stereocenters. The normalized spacial score (nSPS) is 14.4. The van der Waals surface area contributed by atoms with Gasteiger partial charge in [0.1, 0.15) is 11.6 Å². The Morgan fingerprint density at radius 1 is 1.11 bits per heavy atom. The summed E-state index contributed by atoms with van der Waals surface area (Å²) in [4.78, 5) is 26.2. The molecule has 28 heavy (non-hydrogen) atoms. The van der Waals surface area contributed by atoms with E-state index in [2.05, 4.69) is 10.6 Å². The molecule has 0 spiro atoms. The number of piperidine rings is 1. The topological polar surface area (TPSA) is 70.7 Å². The average Bonchev–Trinajstić information content (AvgIpc) is 2.73. The average molecular weight is 385 g/mol. The van der Waals surface area contributed by atoms with Gasteiger partial charge in [0.15, 0.2) is 0 Å². The van der Waals surface area contributed by atoms with Gasteiger partial charge in [-0.15, -0.1) is 0 Å². The number of amides is 3. The van der Waals surface area contributed by atoms with Crippen molar-refractivity contribution in [2.24, 2.45) is 0 Å². The highest BCUT2D eigenvalue weighted by Crippen LogP contribution is 2.16. The lowest BCUT2D eigenvalue weighted by Crippen LogP contribution is -2.49. The molecule has 1 heterocycles. The fraction of sp³-hybridized carbons (Fsp3) is 0.333. The molecule has 0 unspecified atom stereocenters. The minimum Gasteiger partial charge on any atom is -0.497 e. The Kier molecular flexibility index (Phi) is 6.47. The summed E-state index contributed by atoms with van der Waals surface area (Å²) in [6.07, 6.45) is 1.27. The van der Waals surface area contributed by atoms with Gasteiger partial charge < -0.3 is 20.3 Å². The second kappa shape index (κ2) is 9.21. The molecule has 2 aromatic rings. The number of hydrogen-bond donors (Lipinski definition) is 2. The van der Waals surface area contributed by atoms with Crippen molar-refractivity contribution >= 4 is 11.9 Å². The molecule has 6 nitrogen and oxygen atoms in total. The van der Waals surface area contributed by atoms with Crippen molar-refractivity contribution in [1.82, 2.24) is 15.5 Å². The van der Waals surface area contributed by atoms with Gasteiger partial charge in [-0.3, -0.25) is 4.79 Å². The van der Waals surface area contributed by atoms with E-state index in [1.807, 2.05) is 24.3 Å². The number of nitrogens with zero attached hydrogens (tertiary/aromatic N) is 1. The van der Waals surface area contributed by atoms with Crippen molar-refractivity contribution in [3.05, 3.63) is 65.5 Å². The molecule has 0 aromatic heterocycles. The number of carbonyl (C=O) groups excluding carboxylic acids is 2. The van der Waals surface area contributed by atoms with Crippen LogP contribution in [0.4, 0.5) is 9.18 Å². The number of benzene rings is 2. The molecular weight excluding hydrogens is 361 g/mol. The summed E-state index contributed by atoms with van der Waals surface area (Å²) < 4.78 is 18.9. The molecule has 0 aliphatic carbocycles. The SMILES string of the molecule is COc1ccc(CNC(=O)NC2CCN(C(=O)c3ccccc3F)CC2)cc1. The molecule has 3 rings (SSSR count).